The average molecular weight is 181 g/mol. The lowest BCUT2D eigenvalue weighted by molar-refractivity contribution is -0.119. The molecule has 0 spiro atoms. The van der Waals surface area contributed by atoms with Crippen molar-refractivity contribution in [3.8, 4) is 6.07 Å². The van der Waals surface area contributed by atoms with E-state index in [2.05, 4.69) is 16.7 Å². The molecule has 1 atom stereocenters. The van der Waals surface area contributed by atoms with Crippen LogP contribution in [0.15, 0.2) is 0 Å². The summed E-state index contributed by atoms with van der Waals surface area (Å²) in [4.78, 5) is 10.8. The summed E-state index contributed by atoms with van der Waals surface area (Å²) in [5.41, 5.74) is 0. The number of rotatable bonds is 5. The van der Waals surface area contributed by atoms with E-state index >= 15 is 0 Å². The molecule has 1 unspecified atom stereocenters. The molecule has 2 N–H and O–H groups in total. The van der Waals surface area contributed by atoms with Crippen molar-refractivity contribution in [2.75, 3.05) is 13.1 Å². The van der Waals surface area contributed by atoms with Crippen LogP contribution in [0.3, 0.4) is 0 Å². The minimum atomic E-state index is 0.156. The molecule has 0 aromatic rings. The van der Waals surface area contributed by atoms with Crippen LogP contribution in [0.5, 0.6) is 0 Å². The summed E-state index contributed by atoms with van der Waals surface area (Å²) in [5, 5.41) is 14.4. The first-order valence-corrected chi connectivity index (χ1v) is 4.70. The maximum atomic E-state index is 10.8. The van der Waals surface area contributed by atoms with Gasteiger partial charge in [-0.1, -0.05) is 0 Å². The zero-order chi connectivity index (χ0) is 9.52. The molecule has 4 nitrogen and oxygen atoms in total. The molecule has 0 radical (unpaired) electrons. The van der Waals surface area contributed by atoms with Gasteiger partial charge in [-0.05, 0) is 19.4 Å². The van der Waals surface area contributed by atoms with Gasteiger partial charge in [0.15, 0.2) is 0 Å². The van der Waals surface area contributed by atoms with Crippen LogP contribution < -0.4 is 10.6 Å². The predicted octanol–water partition coefficient (Wildman–Crippen LogP) is 0.158. The molecule has 1 rings (SSSR count). The minimum absolute atomic E-state index is 0.156. The van der Waals surface area contributed by atoms with Crippen LogP contribution in [0, 0.1) is 11.3 Å². The van der Waals surface area contributed by atoms with Gasteiger partial charge in [0, 0.05) is 25.4 Å². The second kappa shape index (κ2) is 5.55. The molecule has 0 saturated carbocycles. The van der Waals surface area contributed by atoms with Crippen molar-refractivity contribution in [3.63, 3.8) is 0 Å². The monoisotopic (exact) mass is 181 g/mol. The molecule has 1 aliphatic rings. The normalized spacial score (nSPS) is 21.2. The second-order valence-corrected chi connectivity index (χ2v) is 3.27. The van der Waals surface area contributed by atoms with Gasteiger partial charge in [-0.3, -0.25) is 4.79 Å². The fourth-order valence-corrected chi connectivity index (χ4v) is 1.40. The van der Waals surface area contributed by atoms with Crippen molar-refractivity contribution in [2.45, 2.75) is 31.7 Å². The third-order valence-corrected chi connectivity index (χ3v) is 2.12. The fourth-order valence-electron chi connectivity index (χ4n) is 1.40. The van der Waals surface area contributed by atoms with E-state index in [1.165, 1.54) is 0 Å². The first kappa shape index (κ1) is 10.0. The fraction of sp³-hybridized carbons (Fsp3) is 0.778. The maximum Gasteiger partial charge on any atom is 0.220 e. The zero-order valence-electron chi connectivity index (χ0n) is 7.68. The Hall–Kier alpha value is -1.08. The predicted molar refractivity (Wildman–Crippen MR) is 48.9 cm³/mol. The summed E-state index contributed by atoms with van der Waals surface area (Å²) >= 11 is 0. The van der Waals surface area contributed by atoms with Crippen LogP contribution in [0.2, 0.25) is 0 Å². The molecule has 1 aliphatic heterocycles. The summed E-state index contributed by atoms with van der Waals surface area (Å²) in [6.07, 6.45) is 3.08. The van der Waals surface area contributed by atoms with Gasteiger partial charge in [-0.25, -0.2) is 0 Å². The molecule has 0 bridgehead atoms. The van der Waals surface area contributed by atoms with Gasteiger partial charge in [0.2, 0.25) is 5.91 Å². The van der Waals surface area contributed by atoms with Crippen molar-refractivity contribution < 1.29 is 4.79 Å². The van der Waals surface area contributed by atoms with Crippen molar-refractivity contribution in [2.24, 2.45) is 0 Å². The summed E-state index contributed by atoms with van der Waals surface area (Å²) in [7, 11) is 0. The topological polar surface area (TPSA) is 64.9 Å². The molecule has 4 heteroatoms. The summed E-state index contributed by atoms with van der Waals surface area (Å²) in [5.74, 6) is 0.156. The van der Waals surface area contributed by atoms with Crippen LogP contribution in [-0.4, -0.2) is 25.0 Å². The quantitative estimate of drug-likeness (QED) is 0.594. The van der Waals surface area contributed by atoms with Gasteiger partial charge < -0.3 is 10.6 Å². The molecule has 13 heavy (non-hydrogen) atoms. The zero-order valence-corrected chi connectivity index (χ0v) is 7.68. The summed E-state index contributed by atoms with van der Waals surface area (Å²) in [6.45, 7) is 1.69. The first-order chi connectivity index (χ1) is 6.33. The minimum Gasteiger partial charge on any atom is -0.352 e. The Morgan fingerprint density at radius 3 is 3.15 bits per heavy atom. The van der Waals surface area contributed by atoms with Crippen molar-refractivity contribution in [3.05, 3.63) is 0 Å². The highest BCUT2D eigenvalue weighted by Gasteiger charge is 2.19. The molecule has 1 heterocycles. The number of carbonyl (C=O) groups is 1. The highest BCUT2D eigenvalue weighted by Crippen LogP contribution is 2.04. The number of hydrogen-bond donors (Lipinski definition) is 2. The molecule has 72 valence electrons. The van der Waals surface area contributed by atoms with Crippen molar-refractivity contribution in [1.82, 2.24) is 10.6 Å². The number of hydrogen-bond acceptors (Lipinski definition) is 3. The molecule has 1 saturated heterocycles. The van der Waals surface area contributed by atoms with E-state index in [0.29, 0.717) is 18.9 Å². The Balaban J connectivity index is 1.95. The standard InChI is InChI=1S/C9H15N3O/c10-5-1-2-6-11-7-8-3-4-9(13)12-8/h8,11H,1-4,6-7H2,(H,12,13). The van der Waals surface area contributed by atoms with Crippen LogP contribution in [-0.2, 0) is 4.79 Å². The Morgan fingerprint density at radius 2 is 2.54 bits per heavy atom. The largest absolute Gasteiger partial charge is 0.352 e. The van der Waals surface area contributed by atoms with E-state index in [9.17, 15) is 4.79 Å². The van der Waals surface area contributed by atoms with Crippen LogP contribution in [0.4, 0.5) is 0 Å². The maximum absolute atomic E-state index is 10.8. The van der Waals surface area contributed by atoms with Crippen molar-refractivity contribution in [1.29, 1.82) is 5.26 Å². The summed E-state index contributed by atoms with van der Waals surface area (Å²) < 4.78 is 0. The molecule has 1 fully saturated rings. The number of nitriles is 1. The van der Waals surface area contributed by atoms with Gasteiger partial charge in [0.1, 0.15) is 0 Å². The van der Waals surface area contributed by atoms with Crippen LogP contribution in [0.25, 0.3) is 0 Å². The van der Waals surface area contributed by atoms with Gasteiger partial charge >= 0.3 is 0 Å². The number of unbranched alkanes of at least 4 members (excludes halogenated alkanes) is 1. The number of nitrogens with one attached hydrogen (secondary N) is 2. The van der Waals surface area contributed by atoms with Crippen molar-refractivity contribution >= 4 is 5.91 Å². The average Bonchev–Trinajstić information content (AvgIpc) is 2.51. The lowest BCUT2D eigenvalue weighted by Gasteiger charge is -2.10. The summed E-state index contributed by atoms with van der Waals surface area (Å²) in [6, 6.07) is 2.39. The third kappa shape index (κ3) is 3.90. The van der Waals surface area contributed by atoms with Gasteiger partial charge in [-0.2, -0.15) is 5.26 Å². The molecule has 0 aliphatic carbocycles. The van der Waals surface area contributed by atoms with E-state index in [0.717, 1.165) is 25.9 Å². The third-order valence-electron chi connectivity index (χ3n) is 2.12. The van der Waals surface area contributed by atoms with E-state index in [-0.39, 0.29) is 5.91 Å². The number of amides is 1. The molecule has 0 aromatic carbocycles. The molecule has 0 aromatic heterocycles. The Morgan fingerprint density at radius 1 is 1.69 bits per heavy atom. The first-order valence-electron chi connectivity index (χ1n) is 4.70. The van der Waals surface area contributed by atoms with Gasteiger partial charge in [0.05, 0.1) is 6.07 Å². The molecule has 1 amide bonds. The second-order valence-electron chi connectivity index (χ2n) is 3.27. The Labute approximate surface area is 78.3 Å². The van der Waals surface area contributed by atoms with Gasteiger partial charge in [-0.15, -0.1) is 0 Å². The number of nitrogens with zero attached hydrogens (tertiary/aromatic N) is 1. The van der Waals surface area contributed by atoms with E-state index < -0.39 is 0 Å². The smallest absolute Gasteiger partial charge is 0.220 e. The lowest BCUT2D eigenvalue weighted by Crippen LogP contribution is -2.35. The number of carbonyl (C=O) groups excluding carboxylic acids is 1. The van der Waals surface area contributed by atoms with Crippen LogP contribution >= 0.6 is 0 Å². The lowest BCUT2D eigenvalue weighted by atomic mass is 10.2. The molecular formula is C9H15N3O. The Kier molecular flexibility index (Phi) is 4.27. The van der Waals surface area contributed by atoms with Gasteiger partial charge in [0.25, 0.3) is 0 Å². The highest BCUT2D eigenvalue weighted by molar-refractivity contribution is 5.78. The van der Waals surface area contributed by atoms with E-state index in [4.69, 9.17) is 5.26 Å². The SMILES string of the molecule is N#CCCCNCC1CCC(=O)N1. The van der Waals surface area contributed by atoms with E-state index in [1.54, 1.807) is 0 Å². The van der Waals surface area contributed by atoms with E-state index in [1.807, 2.05) is 0 Å². The Bertz CT molecular complexity index is 209. The van der Waals surface area contributed by atoms with Crippen LogP contribution in [0.1, 0.15) is 25.7 Å². The highest BCUT2D eigenvalue weighted by atomic mass is 16.1. The molecular weight excluding hydrogens is 166 g/mol.